The summed E-state index contributed by atoms with van der Waals surface area (Å²) >= 11 is 0. The molecular formula is C14H18O5. The lowest BCUT2D eigenvalue weighted by atomic mass is 9.92. The molecule has 0 saturated heterocycles. The van der Waals surface area contributed by atoms with E-state index >= 15 is 0 Å². The van der Waals surface area contributed by atoms with Crippen LogP contribution < -0.4 is 4.74 Å². The van der Waals surface area contributed by atoms with Gasteiger partial charge in [-0.2, -0.15) is 0 Å². The fraction of sp³-hybridized carbons (Fsp3) is 0.500. The molecule has 2 rings (SSSR count). The van der Waals surface area contributed by atoms with Crippen LogP contribution in [0.15, 0.2) is 24.3 Å². The highest BCUT2D eigenvalue weighted by molar-refractivity contribution is 5.89. The third-order valence-electron chi connectivity index (χ3n) is 3.35. The maximum absolute atomic E-state index is 11.9. The van der Waals surface area contributed by atoms with Crippen molar-refractivity contribution in [3.05, 3.63) is 29.8 Å². The molecule has 2 N–H and O–H groups in total. The zero-order valence-electron chi connectivity index (χ0n) is 10.8. The number of hydrogen-bond donors (Lipinski definition) is 2. The van der Waals surface area contributed by atoms with Crippen molar-refractivity contribution in [1.82, 2.24) is 0 Å². The molecule has 19 heavy (non-hydrogen) atoms. The van der Waals surface area contributed by atoms with Gasteiger partial charge >= 0.3 is 5.97 Å². The van der Waals surface area contributed by atoms with E-state index < -0.39 is 24.3 Å². The summed E-state index contributed by atoms with van der Waals surface area (Å²) in [5.74, 6) is 0.158. The average molecular weight is 266 g/mol. The molecule has 0 aromatic heterocycles. The molecule has 1 aliphatic rings. The first kappa shape index (κ1) is 13.8. The Balaban J connectivity index is 1.99. The van der Waals surface area contributed by atoms with Crippen LogP contribution in [-0.4, -0.2) is 41.6 Å². The fourth-order valence-electron chi connectivity index (χ4n) is 2.18. The third-order valence-corrected chi connectivity index (χ3v) is 3.35. The summed E-state index contributed by atoms with van der Waals surface area (Å²) in [7, 11) is 1.55. The molecule has 104 valence electrons. The summed E-state index contributed by atoms with van der Waals surface area (Å²) in [6, 6.07) is 6.55. The Morgan fingerprint density at radius 2 is 1.89 bits per heavy atom. The lowest BCUT2D eigenvalue weighted by molar-refractivity contribution is -0.0923. The lowest BCUT2D eigenvalue weighted by Gasteiger charge is -2.31. The predicted molar refractivity (Wildman–Crippen MR) is 68.1 cm³/mol. The second kappa shape index (κ2) is 6.04. The van der Waals surface area contributed by atoms with Crippen LogP contribution in [0.2, 0.25) is 0 Å². The minimum atomic E-state index is -1.00. The van der Waals surface area contributed by atoms with Crippen molar-refractivity contribution in [2.45, 2.75) is 37.6 Å². The molecule has 0 bridgehead atoms. The van der Waals surface area contributed by atoms with E-state index in [0.717, 1.165) is 6.42 Å². The SMILES string of the molecule is COc1ccc(C(=O)OC2CCCC(O)C2O)cc1. The molecule has 0 radical (unpaired) electrons. The topological polar surface area (TPSA) is 76.0 Å². The highest BCUT2D eigenvalue weighted by Crippen LogP contribution is 2.23. The number of benzene rings is 1. The zero-order valence-corrected chi connectivity index (χ0v) is 10.8. The molecule has 5 nitrogen and oxygen atoms in total. The standard InChI is InChI=1S/C14H18O5/c1-18-10-7-5-9(6-8-10)14(17)19-12-4-2-3-11(15)13(12)16/h5-8,11-13,15-16H,2-4H2,1H3. The minimum Gasteiger partial charge on any atom is -0.497 e. The van der Waals surface area contributed by atoms with Crippen LogP contribution in [0, 0.1) is 0 Å². The van der Waals surface area contributed by atoms with Crippen molar-refractivity contribution in [2.75, 3.05) is 7.11 Å². The third kappa shape index (κ3) is 3.24. The molecule has 1 fully saturated rings. The smallest absolute Gasteiger partial charge is 0.338 e. The fourth-order valence-corrected chi connectivity index (χ4v) is 2.18. The molecule has 0 spiro atoms. The van der Waals surface area contributed by atoms with Gasteiger partial charge in [-0.15, -0.1) is 0 Å². The number of hydrogen-bond acceptors (Lipinski definition) is 5. The Morgan fingerprint density at radius 1 is 1.21 bits per heavy atom. The average Bonchev–Trinajstić information content (AvgIpc) is 2.44. The minimum absolute atomic E-state index is 0.396. The first-order valence-electron chi connectivity index (χ1n) is 6.33. The summed E-state index contributed by atoms with van der Waals surface area (Å²) in [6.07, 6.45) is -0.617. The van der Waals surface area contributed by atoms with E-state index in [9.17, 15) is 15.0 Å². The van der Waals surface area contributed by atoms with Gasteiger partial charge in [0.1, 0.15) is 18.0 Å². The first-order chi connectivity index (χ1) is 9.11. The van der Waals surface area contributed by atoms with Gasteiger partial charge in [0.25, 0.3) is 0 Å². The van der Waals surface area contributed by atoms with Gasteiger partial charge in [-0.25, -0.2) is 4.79 Å². The molecular weight excluding hydrogens is 248 g/mol. The Kier molecular flexibility index (Phi) is 4.39. The molecule has 3 unspecified atom stereocenters. The Bertz CT molecular complexity index is 428. The summed E-state index contributed by atoms with van der Waals surface area (Å²) < 4.78 is 10.2. The predicted octanol–water partition coefficient (Wildman–Crippen LogP) is 1.13. The number of methoxy groups -OCH3 is 1. The van der Waals surface area contributed by atoms with Crippen molar-refractivity contribution in [3.8, 4) is 5.75 Å². The number of aliphatic hydroxyl groups is 2. The van der Waals surface area contributed by atoms with Gasteiger partial charge < -0.3 is 19.7 Å². The molecule has 0 amide bonds. The normalized spacial score (nSPS) is 26.8. The van der Waals surface area contributed by atoms with E-state index in [0.29, 0.717) is 24.2 Å². The lowest BCUT2D eigenvalue weighted by Crippen LogP contribution is -2.43. The van der Waals surface area contributed by atoms with Gasteiger partial charge in [-0.05, 0) is 43.5 Å². The largest absolute Gasteiger partial charge is 0.497 e. The number of carbonyl (C=O) groups excluding carboxylic acids is 1. The molecule has 3 atom stereocenters. The van der Waals surface area contributed by atoms with E-state index in [4.69, 9.17) is 9.47 Å². The van der Waals surface area contributed by atoms with Crippen molar-refractivity contribution in [1.29, 1.82) is 0 Å². The van der Waals surface area contributed by atoms with E-state index in [1.165, 1.54) is 0 Å². The van der Waals surface area contributed by atoms with Crippen molar-refractivity contribution < 1.29 is 24.5 Å². The summed E-state index contributed by atoms with van der Waals surface area (Å²) in [5, 5.41) is 19.3. The van der Waals surface area contributed by atoms with Gasteiger partial charge in [0.15, 0.2) is 0 Å². The van der Waals surface area contributed by atoms with Crippen LogP contribution in [0.3, 0.4) is 0 Å². The maximum Gasteiger partial charge on any atom is 0.338 e. The zero-order chi connectivity index (χ0) is 13.8. The second-order valence-electron chi connectivity index (χ2n) is 4.66. The molecule has 1 aromatic carbocycles. The number of carbonyl (C=O) groups is 1. The van der Waals surface area contributed by atoms with Gasteiger partial charge in [0.05, 0.1) is 18.8 Å². The highest BCUT2D eigenvalue weighted by Gasteiger charge is 2.33. The van der Waals surface area contributed by atoms with Gasteiger partial charge in [0, 0.05) is 0 Å². The summed E-state index contributed by atoms with van der Waals surface area (Å²) in [5.41, 5.74) is 0.396. The first-order valence-corrected chi connectivity index (χ1v) is 6.33. The molecule has 1 saturated carbocycles. The summed E-state index contributed by atoms with van der Waals surface area (Å²) in [4.78, 5) is 11.9. The van der Waals surface area contributed by atoms with Gasteiger partial charge in [0.2, 0.25) is 0 Å². The Hall–Kier alpha value is -1.59. The quantitative estimate of drug-likeness (QED) is 0.802. The Morgan fingerprint density at radius 3 is 2.53 bits per heavy atom. The molecule has 1 aromatic rings. The monoisotopic (exact) mass is 266 g/mol. The number of rotatable bonds is 3. The highest BCUT2D eigenvalue weighted by atomic mass is 16.6. The molecule has 0 aliphatic heterocycles. The number of esters is 1. The number of aliphatic hydroxyl groups excluding tert-OH is 2. The molecule has 1 aliphatic carbocycles. The van der Waals surface area contributed by atoms with Crippen LogP contribution in [0.4, 0.5) is 0 Å². The second-order valence-corrected chi connectivity index (χ2v) is 4.66. The number of ether oxygens (including phenoxy) is 2. The van der Waals surface area contributed by atoms with E-state index in [1.54, 1.807) is 31.4 Å². The van der Waals surface area contributed by atoms with Gasteiger partial charge in [-0.3, -0.25) is 0 Å². The molecule has 0 heterocycles. The molecule has 5 heteroatoms. The van der Waals surface area contributed by atoms with Crippen molar-refractivity contribution in [2.24, 2.45) is 0 Å². The maximum atomic E-state index is 11.9. The van der Waals surface area contributed by atoms with Crippen molar-refractivity contribution >= 4 is 5.97 Å². The van der Waals surface area contributed by atoms with E-state index in [-0.39, 0.29) is 0 Å². The Labute approximate surface area is 111 Å². The van der Waals surface area contributed by atoms with Crippen LogP contribution in [-0.2, 0) is 4.74 Å². The van der Waals surface area contributed by atoms with Crippen LogP contribution >= 0.6 is 0 Å². The van der Waals surface area contributed by atoms with E-state index in [1.807, 2.05) is 0 Å². The van der Waals surface area contributed by atoms with E-state index in [2.05, 4.69) is 0 Å². The van der Waals surface area contributed by atoms with Crippen LogP contribution in [0.1, 0.15) is 29.6 Å². The van der Waals surface area contributed by atoms with Crippen LogP contribution in [0.5, 0.6) is 5.75 Å². The van der Waals surface area contributed by atoms with Crippen LogP contribution in [0.25, 0.3) is 0 Å². The summed E-state index contributed by atoms with van der Waals surface area (Å²) in [6.45, 7) is 0. The van der Waals surface area contributed by atoms with Crippen molar-refractivity contribution in [3.63, 3.8) is 0 Å². The van der Waals surface area contributed by atoms with Gasteiger partial charge in [-0.1, -0.05) is 0 Å².